The minimum Gasteiger partial charge on any atom is -0.458 e. The van der Waals surface area contributed by atoms with Crippen LogP contribution in [0, 0.1) is 18.8 Å². The first-order chi connectivity index (χ1) is 8.66. The van der Waals surface area contributed by atoms with Gasteiger partial charge in [-0.05, 0) is 37.1 Å². The molecule has 3 nitrogen and oxygen atoms in total. The molecule has 0 saturated carbocycles. The molecule has 0 aliphatic rings. The molecular formula is C15H10O3. The van der Waals surface area contributed by atoms with Crippen molar-refractivity contribution < 1.29 is 14.0 Å². The first kappa shape index (κ1) is 11.9. The van der Waals surface area contributed by atoms with Crippen molar-refractivity contribution in [3.05, 3.63) is 59.5 Å². The molecule has 3 heteroatoms. The van der Waals surface area contributed by atoms with Crippen molar-refractivity contribution in [2.45, 2.75) is 6.92 Å². The summed E-state index contributed by atoms with van der Waals surface area (Å²) < 4.78 is 5.08. The number of furan rings is 1. The Kier molecular flexibility index (Phi) is 3.40. The van der Waals surface area contributed by atoms with Gasteiger partial charge < -0.3 is 4.42 Å². The van der Waals surface area contributed by atoms with Gasteiger partial charge >= 0.3 is 0 Å². The van der Waals surface area contributed by atoms with E-state index in [9.17, 15) is 9.59 Å². The Hall–Kier alpha value is -2.60. The number of aryl methyl sites for hydroxylation is 1. The third kappa shape index (κ3) is 2.74. The van der Waals surface area contributed by atoms with Crippen molar-refractivity contribution in [1.82, 2.24) is 0 Å². The summed E-state index contributed by atoms with van der Waals surface area (Å²) in [5.74, 6) is 4.07. The van der Waals surface area contributed by atoms with Gasteiger partial charge in [0.2, 0.25) is 0 Å². The maximum atomic E-state index is 11.6. The van der Waals surface area contributed by atoms with E-state index in [1.165, 1.54) is 6.07 Å². The normalized spacial score (nSPS) is 9.39. The van der Waals surface area contributed by atoms with E-state index in [2.05, 4.69) is 11.8 Å². The van der Waals surface area contributed by atoms with Crippen LogP contribution in [0.25, 0.3) is 0 Å². The maximum absolute atomic E-state index is 11.6. The number of hydrogen-bond acceptors (Lipinski definition) is 3. The number of carbonyl (C=O) groups excluding carboxylic acids is 2. The molecule has 2 rings (SSSR count). The molecule has 0 aliphatic heterocycles. The fourth-order valence-electron chi connectivity index (χ4n) is 1.38. The summed E-state index contributed by atoms with van der Waals surface area (Å²) in [6.07, 6.45) is 0. The van der Waals surface area contributed by atoms with Gasteiger partial charge in [0.05, 0.1) is 0 Å². The van der Waals surface area contributed by atoms with E-state index in [1.54, 1.807) is 25.1 Å². The fourth-order valence-corrected chi connectivity index (χ4v) is 1.38. The number of rotatable bonds is 2. The summed E-state index contributed by atoms with van der Waals surface area (Å²) in [6.45, 7) is 1.71. The van der Waals surface area contributed by atoms with Crippen LogP contribution in [0.3, 0.4) is 0 Å². The molecule has 2 aromatic rings. The average molecular weight is 238 g/mol. The molecule has 0 unspecified atom stereocenters. The summed E-state index contributed by atoms with van der Waals surface area (Å²) in [5, 5.41) is 0. The lowest BCUT2D eigenvalue weighted by Crippen LogP contribution is -2.10. The van der Waals surface area contributed by atoms with Gasteiger partial charge in [-0.3, -0.25) is 9.59 Å². The van der Waals surface area contributed by atoms with Crippen molar-refractivity contribution in [3.8, 4) is 11.8 Å². The predicted octanol–water partition coefficient (Wildman–Crippen LogP) is 2.39. The summed E-state index contributed by atoms with van der Waals surface area (Å²) in [6, 6.07) is 12.1. The standard InChI is InChI=1S/C15H10O3/c1-11-7-10-14(18-11)15(17)13(16)9-8-12-5-3-2-4-6-12/h2-7,10H,1H3. The highest BCUT2D eigenvalue weighted by atomic mass is 16.3. The first-order valence-corrected chi connectivity index (χ1v) is 5.39. The second-order valence-corrected chi connectivity index (χ2v) is 3.68. The summed E-state index contributed by atoms with van der Waals surface area (Å²) in [4.78, 5) is 23.2. The van der Waals surface area contributed by atoms with Gasteiger partial charge in [-0.2, -0.15) is 0 Å². The third-order valence-corrected chi connectivity index (χ3v) is 2.26. The number of benzene rings is 1. The van der Waals surface area contributed by atoms with Crippen LogP contribution in [0.1, 0.15) is 21.9 Å². The Bertz CT molecular complexity index is 639. The Labute approximate surface area is 104 Å². The highest BCUT2D eigenvalue weighted by molar-refractivity contribution is 6.48. The first-order valence-electron chi connectivity index (χ1n) is 5.39. The molecule has 1 aromatic carbocycles. The van der Waals surface area contributed by atoms with Gasteiger partial charge in [-0.15, -0.1) is 0 Å². The molecule has 18 heavy (non-hydrogen) atoms. The van der Waals surface area contributed by atoms with Crippen molar-refractivity contribution in [1.29, 1.82) is 0 Å². The van der Waals surface area contributed by atoms with Crippen molar-refractivity contribution >= 4 is 11.6 Å². The molecule has 0 spiro atoms. The zero-order valence-electron chi connectivity index (χ0n) is 9.77. The highest BCUT2D eigenvalue weighted by Gasteiger charge is 2.17. The SMILES string of the molecule is Cc1ccc(C(=O)C(=O)C#Cc2ccccc2)o1. The lowest BCUT2D eigenvalue weighted by atomic mass is 10.2. The molecule has 0 fully saturated rings. The molecule has 0 radical (unpaired) electrons. The van der Waals surface area contributed by atoms with Gasteiger partial charge in [-0.1, -0.05) is 24.1 Å². The van der Waals surface area contributed by atoms with Crippen LogP contribution in [-0.2, 0) is 4.79 Å². The Morgan fingerprint density at radius 2 is 1.78 bits per heavy atom. The largest absolute Gasteiger partial charge is 0.458 e. The zero-order chi connectivity index (χ0) is 13.0. The van der Waals surface area contributed by atoms with Crippen molar-refractivity contribution in [2.24, 2.45) is 0 Å². The Morgan fingerprint density at radius 3 is 2.39 bits per heavy atom. The van der Waals surface area contributed by atoms with E-state index in [1.807, 2.05) is 18.2 Å². The van der Waals surface area contributed by atoms with Crippen molar-refractivity contribution in [3.63, 3.8) is 0 Å². The van der Waals surface area contributed by atoms with Crippen LogP contribution in [0.4, 0.5) is 0 Å². The van der Waals surface area contributed by atoms with E-state index in [0.29, 0.717) is 11.3 Å². The number of carbonyl (C=O) groups is 2. The Morgan fingerprint density at radius 1 is 1.06 bits per heavy atom. The van der Waals surface area contributed by atoms with Crippen LogP contribution in [0.15, 0.2) is 46.9 Å². The zero-order valence-corrected chi connectivity index (χ0v) is 9.77. The number of ketones is 2. The van der Waals surface area contributed by atoms with E-state index in [4.69, 9.17) is 4.42 Å². The number of Topliss-reactive ketones (excluding diaryl/α,β-unsaturated/α-hetero) is 2. The number of hydrogen-bond donors (Lipinski definition) is 0. The monoisotopic (exact) mass is 238 g/mol. The van der Waals surface area contributed by atoms with Gasteiger partial charge in [0, 0.05) is 5.56 Å². The average Bonchev–Trinajstić information content (AvgIpc) is 2.83. The van der Waals surface area contributed by atoms with Crippen LogP contribution >= 0.6 is 0 Å². The molecule has 0 saturated heterocycles. The summed E-state index contributed by atoms with van der Waals surface area (Å²) >= 11 is 0. The molecule has 0 bridgehead atoms. The topological polar surface area (TPSA) is 47.3 Å². The smallest absolute Gasteiger partial charge is 0.280 e. The lowest BCUT2D eigenvalue weighted by Gasteiger charge is -1.89. The van der Waals surface area contributed by atoms with Crippen LogP contribution in [0.2, 0.25) is 0 Å². The summed E-state index contributed by atoms with van der Waals surface area (Å²) in [7, 11) is 0. The lowest BCUT2D eigenvalue weighted by molar-refractivity contribution is -0.110. The molecule has 0 amide bonds. The van der Waals surface area contributed by atoms with Gasteiger partial charge in [0.1, 0.15) is 5.76 Å². The fraction of sp³-hybridized carbons (Fsp3) is 0.0667. The maximum Gasteiger partial charge on any atom is 0.280 e. The molecule has 1 heterocycles. The second kappa shape index (κ2) is 5.15. The third-order valence-electron chi connectivity index (χ3n) is 2.26. The molecular weight excluding hydrogens is 228 g/mol. The molecule has 88 valence electrons. The molecule has 0 atom stereocenters. The van der Waals surface area contributed by atoms with Crippen LogP contribution < -0.4 is 0 Å². The highest BCUT2D eigenvalue weighted by Crippen LogP contribution is 2.07. The molecule has 0 N–H and O–H groups in total. The van der Waals surface area contributed by atoms with Gasteiger partial charge in [0.25, 0.3) is 11.6 Å². The van der Waals surface area contributed by atoms with E-state index in [0.717, 1.165) is 0 Å². The summed E-state index contributed by atoms with van der Waals surface area (Å²) in [5.41, 5.74) is 0.689. The van der Waals surface area contributed by atoms with Crippen molar-refractivity contribution in [2.75, 3.05) is 0 Å². The van der Waals surface area contributed by atoms with Gasteiger partial charge in [0.15, 0.2) is 5.76 Å². The van der Waals surface area contributed by atoms with E-state index in [-0.39, 0.29) is 5.76 Å². The Balaban J connectivity index is 2.14. The minimum atomic E-state index is -0.770. The minimum absolute atomic E-state index is 0.0276. The van der Waals surface area contributed by atoms with Gasteiger partial charge in [-0.25, -0.2) is 0 Å². The van der Waals surface area contributed by atoms with E-state index < -0.39 is 11.6 Å². The molecule has 0 aliphatic carbocycles. The quantitative estimate of drug-likeness (QED) is 0.458. The van der Waals surface area contributed by atoms with E-state index >= 15 is 0 Å². The second-order valence-electron chi connectivity index (χ2n) is 3.68. The van der Waals surface area contributed by atoms with Crippen LogP contribution in [-0.4, -0.2) is 11.6 Å². The molecule has 1 aromatic heterocycles. The van der Waals surface area contributed by atoms with Crippen LogP contribution in [0.5, 0.6) is 0 Å². The predicted molar refractivity (Wildman–Crippen MR) is 66.1 cm³/mol.